The van der Waals surface area contributed by atoms with Crippen molar-refractivity contribution in [3.05, 3.63) is 59.9 Å². The minimum atomic E-state index is -3.63. The molecule has 2 aromatic rings. The molecule has 2 aliphatic rings. The third-order valence-corrected chi connectivity index (χ3v) is 7.05. The van der Waals surface area contributed by atoms with Crippen LogP contribution in [0.2, 0.25) is 0 Å². The lowest BCUT2D eigenvalue weighted by atomic mass is 10.2. The fourth-order valence-corrected chi connectivity index (χ4v) is 5.09. The second kappa shape index (κ2) is 9.25. The number of hydrogen-bond acceptors (Lipinski definition) is 6. The Bertz CT molecular complexity index is 1110. The second-order valence-electron chi connectivity index (χ2n) is 7.85. The molecule has 0 saturated carbocycles. The summed E-state index contributed by atoms with van der Waals surface area (Å²) in [6, 6.07) is 12.4. The maximum Gasteiger partial charge on any atom is 0.263 e. The van der Waals surface area contributed by atoms with E-state index in [0.717, 1.165) is 31.9 Å². The van der Waals surface area contributed by atoms with Gasteiger partial charge in [0, 0.05) is 50.5 Å². The number of carbonyl (C=O) groups is 1. The Labute approximate surface area is 187 Å². The number of hydrogen-bond donors (Lipinski definition) is 2. The molecule has 10 heteroatoms. The Balaban J connectivity index is 1.24. The summed E-state index contributed by atoms with van der Waals surface area (Å²) in [5.74, 6) is -0.303. The maximum atomic E-state index is 13.1. The molecule has 0 spiro atoms. The quantitative estimate of drug-likeness (QED) is 0.677. The summed E-state index contributed by atoms with van der Waals surface area (Å²) < 4.78 is 39.9. The predicted molar refractivity (Wildman–Crippen MR) is 121 cm³/mol. The van der Waals surface area contributed by atoms with Gasteiger partial charge in [-0.2, -0.15) is 0 Å². The first-order valence-corrected chi connectivity index (χ1v) is 12.0. The van der Waals surface area contributed by atoms with Gasteiger partial charge in [0.05, 0.1) is 4.90 Å². The molecule has 2 heterocycles. The minimum absolute atomic E-state index is 0.172. The molecule has 1 fully saturated rings. The maximum absolute atomic E-state index is 13.1. The summed E-state index contributed by atoms with van der Waals surface area (Å²) in [5, 5.41) is 2.88. The number of halogens is 1. The number of amides is 1. The van der Waals surface area contributed by atoms with Crippen LogP contribution in [0, 0.1) is 5.82 Å². The van der Waals surface area contributed by atoms with Crippen LogP contribution in [0.15, 0.2) is 58.4 Å². The third kappa shape index (κ3) is 4.91. The molecule has 170 valence electrons. The Hall–Kier alpha value is -2.98. The van der Waals surface area contributed by atoms with Crippen molar-refractivity contribution >= 4 is 27.5 Å². The SMILES string of the molecule is C[C@H](N=C1NS(=O)(=O)c2ccccc21)C(=O)NCCN1CCN(c2ccc(F)cc2)CC1. The number of fused-ring (bicyclic) bond motifs is 1. The normalized spacial score (nSPS) is 19.9. The molecule has 0 aromatic heterocycles. The molecule has 2 aliphatic heterocycles. The molecule has 32 heavy (non-hydrogen) atoms. The summed E-state index contributed by atoms with van der Waals surface area (Å²) in [4.78, 5) is 21.4. The van der Waals surface area contributed by atoms with E-state index in [9.17, 15) is 17.6 Å². The summed E-state index contributed by atoms with van der Waals surface area (Å²) in [6.07, 6.45) is 0. The number of amidine groups is 1. The zero-order valence-electron chi connectivity index (χ0n) is 17.8. The molecule has 1 atom stereocenters. The molecule has 2 aromatic carbocycles. The zero-order chi connectivity index (χ0) is 22.7. The summed E-state index contributed by atoms with van der Waals surface area (Å²) in [7, 11) is -3.63. The van der Waals surface area contributed by atoms with Crippen molar-refractivity contribution < 1.29 is 17.6 Å². The van der Waals surface area contributed by atoms with E-state index in [1.807, 2.05) is 0 Å². The molecule has 0 bridgehead atoms. The van der Waals surface area contributed by atoms with Gasteiger partial charge in [-0.3, -0.25) is 19.4 Å². The molecule has 4 rings (SSSR count). The van der Waals surface area contributed by atoms with Gasteiger partial charge in [-0.1, -0.05) is 12.1 Å². The van der Waals surface area contributed by atoms with Crippen LogP contribution >= 0.6 is 0 Å². The first kappa shape index (κ1) is 22.2. The average Bonchev–Trinajstić information content (AvgIpc) is 3.05. The van der Waals surface area contributed by atoms with Crippen LogP contribution in [0.3, 0.4) is 0 Å². The van der Waals surface area contributed by atoms with E-state index in [1.165, 1.54) is 18.2 Å². The van der Waals surface area contributed by atoms with E-state index in [2.05, 4.69) is 24.8 Å². The number of nitrogens with zero attached hydrogens (tertiary/aromatic N) is 3. The zero-order valence-corrected chi connectivity index (χ0v) is 18.6. The van der Waals surface area contributed by atoms with Crippen LogP contribution in [0.5, 0.6) is 0 Å². The van der Waals surface area contributed by atoms with E-state index in [-0.39, 0.29) is 22.5 Å². The molecule has 2 N–H and O–H groups in total. The van der Waals surface area contributed by atoms with Crippen molar-refractivity contribution in [2.24, 2.45) is 4.99 Å². The number of sulfonamides is 1. The smallest absolute Gasteiger partial charge is 0.263 e. The van der Waals surface area contributed by atoms with Crippen LogP contribution in [0.25, 0.3) is 0 Å². The second-order valence-corrected chi connectivity index (χ2v) is 9.50. The van der Waals surface area contributed by atoms with Gasteiger partial charge < -0.3 is 10.2 Å². The van der Waals surface area contributed by atoms with Gasteiger partial charge in [-0.15, -0.1) is 0 Å². The fraction of sp³-hybridized carbons (Fsp3) is 0.364. The topological polar surface area (TPSA) is 94.1 Å². The monoisotopic (exact) mass is 459 g/mol. The van der Waals surface area contributed by atoms with Crippen molar-refractivity contribution in [3.63, 3.8) is 0 Å². The third-order valence-electron chi connectivity index (χ3n) is 5.66. The van der Waals surface area contributed by atoms with Crippen molar-refractivity contribution in [1.82, 2.24) is 14.9 Å². The van der Waals surface area contributed by atoms with Crippen LogP contribution in [0.1, 0.15) is 12.5 Å². The van der Waals surface area contributed by atoms with E-state index in [0.29, 0.717) is 18.7 Å². The van der Waals surface area contributed by atoms with Gasteiger partial charge in [-0.25, -0.2) is 12.8 Å². The van der Waals surface area contributed by atoms with Gasteiger partial charge in [0.15, 0.2) is 0 Å². The van der Waals surface area contributed by atoms with E-state index < -0.39 is 16.1 Å². The number of anilines is 1. The minimum Gasteiger partial charge on any atom is -0.369 e. The van der Waals surface area contributed by atoms with E-state index in [1.54, 1.807) is 37.3 Å². The summed E-state index contributed by atoms with van der Waals surface area (Å²) in [6.45, 7) is 6.20. The van der Waals surface area contributed by atoms with Crippen molar-refractivity contribution in [3.8, 4) is 0 Å². The van der Waals surface area contributed by atoms with E-state index >= 15 is 0 Å². The lowest BCUT2D eigenvalue weighted by Gasteiger charge is -2.36. The highest BCUT2D eigenvalue weighted by molar-refractivity contribution is 7.90. The van der Waals surface area contributed by atoms with Gasteiger partial charge in [-0.05, 0) is 43.3 Å². The van der Waals surface area contributed by atoms with Gasteiger partial charge in [0.1, 0.15) is 17.7 Å². The predicted octanol–water partition coefficient (Wildman–Crippen LogP) is 1.19. The first-order valence-electron chi connectivity index (χ1n) is 10.5. The number of aliphatic imine (C=N–C) groups is 1. The first-order chi connectivity index (χ1) is 15.3. The van der Waals surface area contributed by atoms with Crippen molar-refractivity contribution in [2.75, 3.05) is 44.2 Å². The number of benzene rings is 2. The molecule has 1 saturated heterocycles. The molecular formula is C22H26FN5O3S. The molecular weight excluding hydrogens is 433 g/mol. The number of piperazine rings is 1. The van der Waals surface area contributed by atoms with Crippen molar-refractivity contribution in [1.29, 1.82) is 0 Å². The van der Waals surface area contributed by atoms with E-state index in [4.69, 9.17) is 0 Å². The molecule has 0 radical (unpaired) electrons. The summed E-state index contributed by atoms with van der Waals surface area (Å²) >= 11 is 0. The molecule has 0 unspecified atom stereocenters. The highest BCUT2D eigenvalue weighted by Crippen LogP contribution is 2.22. The number of carbonyl (C=O) groups excluding carboxylic acids is 1. The standard InChI is InChI=1S/C22H26FN5O3S/c1-16(25-21-19-4-2-3-5-20(19)32(30,31)26-21)22(29)24-10-11-27-12-14-28(15-13-27)18-8-6-17(23)7-9-18/h2-9,16H,10-15H2,1H3,(H,24,29)(H,25,26)/t16-/m0/s1. The highest BCUT2D eigenvalue weighted by Gasteiger charge is 2.31. The highest BCUT2D eigenvalue weighted by atomic mass is 32.2. The summed E-state index contributed by atoms with van der Waals surface area (Å²) in [5.41, 5.74) is 1.49. The van der Waals surface area contributed by atoms with Crippen molar-refractivity contribution in [2.45, 2.75) is 17.9 Å². The van der Waals surface area contributed by atoms with Crippen LogP contribution in [-0.4, -0.2) is 70.4 Å². The Morgan fingerprint density at radius 1 is 1.12 bits per heavy atom. The molecule has 8 nitrogen and oxygen atoms in total. The lowest BCUT2D eigenvalue weighted by molar-refractivity contribution is -0.121. The Morgan fingerprint density at radius 3 is 2.53 bits per heavy atom. The van der Waals surface area contributed by atoms with Crippen LogP contribution in [-0.2, 0) is 14.8 Å². The largest absolute Gasteiger partial charge is 0.369 e. The van der Waals surface area contributed by atoms with Crippen LogP contribution in [0.4, 0.5) is 10.1 Å². The molecule has 0 aliphatic carbocycles. The van der Waals surface area contributed by atoms with Gasteiger partial charge in [0.2, 0.25) is 5.91 Å². The number of nitrogens with one attached hydrogen (secondary N) is 2. The fourth-order valence-electron chi connectivity index (χ4n) is 3.85. The average molecular weight is 460 g/mol. The Morgan fingerprint density at radius 2 is 1.81 bits per heavy atom. The van der Waals surface area contributed by atoms with Gasteiger partial charge in [0.25, 0.3) is 10.0 Å². The number of rotatable bonds is 6. The van der Waals surface area contributed by atoms with Crippen LogP contribution < -0.4 is 14.9 Å². The molecule has 1 amide bonds. The lowest BCUT2D eigenvalue weighted by Crippen LogP contribution is -2.49. The van der Waals surface area contributed by atoms with Gasteiger partial charge >= 0.3 is 0 Å². The Kier molecular flexibility index (Phi) is 6.43.